The van der Waals surface area contributed by atoms with Gasteiger partial charge in [0, 0.05) is 4.47 Å². The van der Waals surface area contributed by atoms with Crippen molar-refractivity contribution in [1.82, 2.24) is 0 Å². The zero-order chi connectivity index (χ0) is 12.7. The number of hydrogen-bond acceptors (Lipinski definition) is 1. The number of aryl methyl sites for hydroxylation is 1. The van der Waals surface area contributed by atoms with Crippen molar-refractivity contribution in [2.75, 3.05) is 6.54 Å². The van der Waals surface area contributed by atoms with Gasteiger partial charge in [0.05, 0.1) is 0 Å². The molecule has 0 spiro atoms. The van der Waals surface area contributed by atoms with Crippen LogP contribution < -0.4 is 5.73 Å². The van der Waals surface area contributed by atoms with Gasteiger partial charge in [0.15, 0.2) is 0 Å². The van der Waals surface area contributed by atoms with Gasteiger partial charge < -0.3 is 5.73 Å². The van der Waals surface area contributed by atoms with Gasteiger partial charge in [-0.25, -0.2) is 0 Å². The highest BCUT2D eigenvalue weighted by molar-refractivity contribution is 9.10. The molecule has 2 heteroatoms. The van der Waals surface area contributed by atoms with Gasteiger partial charge in [-0.3, -0.25) is 0 Å². The first kappa shape index (κ1) is 14.7. The molecule has 1 nitrogen and oxygen atoms in total. The molecule has 0 heterocycles. The van der Waals surface area contributed by atoms with E-state index in [0.29, 0.717) is 5.92 Å². The summed E-state index contributed by atoms with van der Waals surface area (Å²) >= 11 is 3.67. The first-order valence-corrected chi connectivity index (χ1v) is 7.50. The Morgan fingerprint density at radius 2 is 2.00 bits per heavy atom. The lowest BCUT2D eigenvalue weighted by atomic mass is 9.89. The topological polar surface area (TPSA) is 26.0 Å². The van der Waals surface area contributed by atoms with Gasteiger partial charge in [-0.05, 0) is 55.3 Å². The summed E-state index contributed by atoms with van der Waals surface area (Å²) in [6, 6.07) is 6.85. The Kier molecular flexibility index (Phi) is 6.83. The van der Waals surface area contributed by atoms with E-state index < -0.39 is 0 Å². The van der Waals surface area contributed by atoms with Crippen LogP contribution in [0.5, 0.6) is 0 Å². The lowest BCUT2D eigenvalue weighted by Gasteiger charge is -2.17. The Morgan fingerprint density at radius 3 is 2.53 bits per heavy atom. The van der Waals surface area contributed by atoms with Gasteiger partial charge in [0.25, 0.3) is 0 Å². The first-order valence-electron chi connectivity index (χ1n) is 6.71. The van der Waals surface area contributed by atoms with Crippen molar-refractivity contribution in [1.29, 1.82) is 0 Å². The predicted octanol–water partition coefficient (Wildman–Crippen LogP) is 4.63. The minimum absolute atomic E-state index is 0.672. The lowest BCUT2D eigenvalue weighted by Crippen LogP contribution is -2.05. The summed E-state index contributed by atoms with van der Waals surface area (Å²) < 4.78 is 1.26. The summed E-state index contributed by atoms with van der Waals surface area (Å²) in [6.07, 6.45) is 5.92. The fourth-order valence-corrected chi connectivity index (χ4v) is 2.97. The highest BCUT2D eigenvalue weighted by atomic mass is 79.9. The molecule has 1 unspecified atom stereocenters. The second-order valence-corrected chi connectivity index (χ2v) is 5.48. The van der Waals surface area contributed by atoms with Crippen LogP contribution in [0.1, 0.15) is 56.6 Å². The van der Waals surface area contributed by atoms with E-state index in [1.54, 1.807) is 0 Å². The maximum Gasteiger partial charge on any atom is 0.0210 e. The van der Waals surface area contributed by atoms with Gasteiger partial charge in [-0.15, -0.1) is 0 Å². The van der Waals surface area contributed by atoms with Crippen molar-refractivity contribution in [3.8, 4) is 0 Å². The van der Waals surface area contributed by atoms with Crippen LogP contribution in [-0.2, 0) is 6.42 Å². The zero-order valence-corrected chi connectivity index (χ0v) is 12.6. The van der Waals surface area contributed by atoms with Crippen molar-refractivity contribution in [2.24, 2.45) is 5.73 Å². The van der Waals surface area contributed by atoms with Gasteiger partial charge in [-0.2, -0.15) is 0 Å². The summed E-state index contributed by atoms with van der Waals surface area (Å²) in [5.41, 5.74) is 8.47. The number of benzene rings is 1. The molecule has 1 aromatic carbocycles. The monoisotopic (exact) mass is 297 g/mol. The molecular weight excluding hydrogens is 274 g/mol. The molecule has 0 saturated heterocycles. The Hall–Kier alpha value is -0.340. The number of halogens is 1. The van der Waals surface area contributed by atoms with E-state index in [-0.39, 0.29) is 0 Å². The average Bonchev–Trinajstić information content (AvgIpc) is 2.34. The highest BCUT2D eigenvalue weighted by Crippen LogP contribution is 2.29. The van der Waals surface area contributed by atoms with E-state index in [0.717, 1.165) is 19.4 Å². The number of rotatable bonds is 7. The molecule has 1 atom stereocenters. The minimum atomic E-state index is 0.672. The highest BCUT2D eigenvalue weighted by Gasteiger charge is 2.11. The molecular formula is C15H24BrN. The maximum atomic E-state index is 5.62. The van der Waals surface area contributed by atoms with E-state index in [4.69, 9.17) is 5.73 Å². The van der Waals surface area contributed by atoms with Crippen LogP contribution in [0.4, 0.5) is 0 Å². The van der Waals surface area contributed by atoms with Crippen LogP contribution in [-0.4, -0.2) is 6.54 Å². The second kappa shape index (κ2) is 7.88. The number of nitrogens with two attached hydrogens (primary N) is 1. The largest absolute Gasteiger partial charge is 0.330 e. The van der Waals surface area contributed by atoms with Gasteiger partial charge in [0.2, 0.25) is 0 Å². The van der Waals surface area contributed by atoms with Gasteiger partial charge >= 0.3 is 0 Å². The molecule has 0 aliphatic carbocycles. The van der Waals surface area contributed by atoms with Crippen molar-refractivity contribution < 1.29 is 0 Å². The molecule has 0 fully saturated rings. The predicted molar refractivity (Wildman–Crippen MR) is 79.5 cm³/mol. The summed E-state index contributed by atoms with van der Waals surface area (Å²) in [5.74, 6) is 0.672. The first-order chi connectivity index (χ1) is 8.22. The standard InChI is InChI=1S/C15H24BrN/c1-3-6-13(7-5-10-17)14-9-8-12(4-2)15(16)11-14/h8-9,11,13H,3-7,10,17H2,1-2H3. The van der Waals surface area contributed by atoms with Crippen LogP contribution in [0.2, 0.25) is 0 Å². The summed E-state index contributed by atoms with van der Waals surface area (Å²) in [4.78, 5) is 0. The van der Waals surface area contributed by atoms with Gasteiger partial charge in [0.1, 0.15) is 0 Å². The summed E-state index contributed by atoms with van der Waals surface area (Å²) in [5, 5.41) is 0. The third-order valence-corrected chi connectivity index (χ3v) is 4.06. The zero-order valence-electron chi connectivity index (χ0n) is 11.0. The third kappa shape index (κ3) is 4.44. The second-order valence-electron chi connectivity index (χ2n) is 4.62. The molecule has 17 heavy (non-hydrogen) atoms. The molecule has 0 radical (unpaired) electrons. The van der Waals surface area contributed by atoms with E-state index in [1.807, 2.05) is 0 Å². The van der Waals surface area contributed by atoms with Crippen LogP contribution in [0.15, 0.2) is 22.7 Å². The summed E-state index contributed by atoms with van der Waals surface area (Å²) in [7, 11) is 0. The minimum Gasteiger partial charge on any atom is -0.330 e. The Balaban J connectivity index is 2.82. The van der Waals surface area contributed by atoms with E-state index in [2.05, 4.69) is 48.0 Å². The average molecular weight is 298 g/mol. The molecule has 0 aromatic heterocycles. The van der Waals surface area contributed by atoms with E-state index >= 15 is 0 Å². The van der Waals surface area contributed by atoms with E-state index in [1.165, 1.54) is 34.9 Å². The molecule has 0 bridgehead atoms. The Bertz CT molecular complexity index is 336. The Labute approximate surface area is 114 Å². The van der Waals surface area contributed by atoms with Crippen LogP contribution in [0.25, 0.3) is 0 Å². The SMILES string of the molecule is CCCC(CCCN)c1ccc(CC)c(Br)c1. The molecule has 1 aromatic rings. The van der Waals surface area contributed by atoms with Crippen LogP contribution in [0, 0.1) is 0 Å². The van der Waals surface area contributed by atoms with Crippen LogP contribution >= 0.6 is 15.9 Å². The van der Waals surface area contributed by atoms with Crippen molar-refractivity contribution >= 4 is 15.9 Å². The quantitative estimate of drug-likeness (QED) is 0.780. The maximum absolute atomic E-state index is 5.62. The van der Waals surface area contributed by atoms with E-state index in [9.17, 15) is 0 Å². The summed E-state index contributed by atoms with van der Waals surface area (Å²) in [6.45, 7) is 5.25. The number of hydrogen-bond donors (Lipinski definition) is 1. The van der Waals surface area contributed by atoms with Gasteiger partial charge in [-0.1, -0.05) is 48.3 Å². The normalized spacial score (nSPS) is 12.7. The molecule has 0 saturated carbocycles. The van der Waals surface area contributed by atoms with Crippen LogP contribution in [0.3, 0.4) is 0 Å². The molecule has 96 valence electrons. The molecule has 0 amide bonds. The Morgan fingerprint density at radius 1 is 1.24 bits per heavy atom. The molecule has 0 aliphatic heterocycles. The lowest BCUT2D eigenvalue weighted by molar-refractivity contribution is 0.549. The molecule has 1 rings (SSSR count). The molecule has 0 aliphatic rings. The van der Waals surface area contributed by atoms with Crippen molar-refractivity contribution in [3.63, 3.8) is 0 Å². The fraction of sp³-hybridized carbons (Fsp3) is 0.600. The smallest absolute Gasteiger partial charge is 0.0210 e. The van der Waals surface area contributed by atoms with Crippen molar-refractivity contribution in [3.05, 3.63) is 33.8 Å². The molecule has 2 N–H and O–H groups in total. The fourth-order valence-electron chi connectivity index (χ4n) is 2.29. The van der Waals surface area contributed by atoms with Crippen molar-refractivity contribution in [2.45, 2.75) is 51.9 Å². The third-order valence-electron chi connectivity index (χ3n) is 3.32.